The van der Waals surface area contributed by atoms with Crippen molar-refractivity contribution in [1.29, 1.82) is 5.26 Å². The van der Waals surface area contributed by atoms with Gasteiger partial charge in [0.15, 0.2) is 5.58 Å². The normalized spacial score (nSPS) is 19.3. The summed E-state index contributed by atoms with van der Waals surface area (Å²) in [5.41, 5.74) is 1.63. The number of nitrogens with zero attached hydrogens (tertiary/aromatic N) is 6. The molecule has 0 bridgehead atoms. The summed E-state index contributed by atoms with van der Waals surface area (Å²) in [4.78, 5) is 33.7. The first kappa shape index (κ1) is 31.1. The fraction of sp³-hybridized carbons (Fsp3) is 0.371. The van der Waals surface area contributed by atoms with E-state index in [1.165, 1.54) is 21.6 Å². The number of pyridine rings is 1. The number of morpholine rings is 1. The largest absolute Gasteiger partial charge is 0.421 e. The van der Waals surface area contributed by atoms with Gasteiger partial charge in [0.25, 0.3) is 5.91 Å². The number of carbonyl (C=O) groups excluding carboxylic acids is 1. The summed E-state index contributed by atoms with van der Waals surface area (Å²) in [6, 6.07) is 11.1. The molecule has 250 valence electrons. The third-order valence-electron chi connectivity index (χ3n) is 9.64. The van der Waals surface area contributed by atoms with Crippen molar-refractivity contribution in [3.63, 3.8) is 0 Å². The number of aromatic nitrogens is 4. The molecule has 3 aromatic heterocycles. The maximum atomic E-state index is 14.4. The van der Waals surface area contributed by atoms with Crippen molar-refractivity contribution >= 4 is 17.0 Å². The molecule has 1 N–H and O–H groups in total. The Bertz CT molecular complexity index is 2230. The fourth-order valence-corrected chi connectivity index (χ4v) is 7.14. The molecule has 6 heterocycles. The van der Waals surface area contributed by atoms with Gasteiger partial charge >= 0.3 is 5.76 Å². The van der Waals surface area contributed by atoms with Gasteiger partial charge in [0.1, 0.15) is 24.2 Å². The van der Waals surface area contributed by atoms with Gasteiger partial charge in [-0.15, -0.1) is 10.2 Å². The first-order valence-corrected chi connectivity index (χ1v) is 16.1. The van der Waals surface area contributed by atoms with Crippen molar-refractivity contribution in [3.05, 3.63) is 86.7 Å². The van der Waals surface area contributed by atoms with E-state index in [-0.39, 0.29) is 54.6 Å². The lowest BCUT2D eigenvalue weighted by molar-refractivity contribution is -0.171. The molecule has 5 aromatic rings. The van der Waals surface area contributed by atoms with Crippen LogP contribution in [0.4, 0.5) is 4.39 Å². The molecule has 3 aliphatic heterocycles. The van der Waals surface area contributed by atoms with Gasteiger partial charge in [0.2, 0.25) is 17.5 Å². The molecular formula is C35H31FN6O7. The number of amides is 1. The number of rotatable bonds is 7. The van der Waals surface area contributed by atoms with Crippen LogP contribution in [0.1, 0.15) is 58.0 Å². The number of aliphatic hydroxyl groups is 1. The van der Waals surface area contributed by atoms with Gasteiger partial charge in [-0.1, -0.05) is 12.1 Å². The summed E-state index contributed by atoms with van der Waals surface area (Å²) < 4.78 is 38.6. The van der Waals surface area contributed by atoms with Crippen molar-refractivity contribution in [2.24, 2.45) is 5.92 Å². The zero-order chi connectivity index (χ0) is 33.9. The smallest absolute Gasteiger partial charge is 0.420 e. The van der Waals surface area contributed by atoms with Crippen LogP contribution in [-0.4, -0.2) is 68.6 Å². The van der Waals surface area contributed by atoms with E-state index < -0.39 is 23.2 Å². The SMILES string of the molecule is Cc1nnc(-c2c(CCC3CCOCC3)nc3c(c2-c2ccc4c(c2)oc(=O)n4Cc2ccc(C#N)c(F)c2)C(=O)N2CCOC[C@]32O)o1. The quantitative estimate of drug-likeness (QED) is 0.266. The number of hydrogen-bond donors (Lipinski definition) is 1. The molecule has 2 aromatic carbocycles. The lowest BCUT2D eigenvalue weighted by Gasteiger charge is -2.37. The van der Waals surface area contributed by atoms with Gasteiger partial charge in [-0.05, 0) is 67.0 Å². The molecule has 2 saturated heterocycles. The Balaban J connectivity index is 1.31. The van der Waals surface area contributed by atoms with Crippen molar-refractivity contribution in [3.8, 4) is 28.7 Å². The fourth-order valence-electron chi connectivity index (χ4n) is 7.14. The number of fused-ring (bicyclic) bond motifs is 4. The molecule has 0 spiro atoms. The van der Waals surface area contributed by atoms with Gasteiger partial charge in [0.05, 0.1) is 41.1 Å². The van der Waals surface area contributed by atoms with Gasteiger partial charge in [0, 0.05) is 32.2 Å². The molecule has 0 unspecified atom stereocenters. The zero-order valence-corrected chi connectivity index (χ0v) is 26.6. The number of nitriles is 1. The third kappa shape index (κ3) is 5.21. The molecule has 2 fully saturated rings. The second kappa shape index (κ2) is 12.0. The second-order valence-corrected chi connectivity index (χ2v) is 12.6. The molecule has 0 saturated carbocycles. The van der Waals surface area contributed by atoms with Gasteiger partial charge < -0.3 is 28.3 Å². The molecule has 8 rings (SSSR count). The summed E-state index contributed by atoms with van der Waals surface area (Å²) in [6.45, 7) is 3.35. The highest BCUT2D eigenvalue weighted by molar-refractivity contribution is 6.09. The Morgan fingerprint density at radius 1 is 1.04 bits per heavy atom. The number of ether oxygens (including phenoxy) is 2. The summed E-state index contributed by atoms with van der Waals surface area (Å²) in [5, 5.41) is 29.5. The van der Waals surface area contributed by atoms with Gasteiger partial charge in [-0.25, -0.2) is 9.18 Å². The van der Waals surface area contributed by atoms with E-state index in [9.17, 15) is 19.1 Å². The minimum atomic E-state index is -1.77. The monoisotopic (exact) mass is 666 g/mol. The highest BCUT2D eigenvalue weighted by atomic mass is 19.1. The van der Waals surface area contributed by atoms with Crippen LogP contribution in [-0.2, 0) is 28.2 Å². The number of oxazole rings is 1. The number of carbonyl (C=O) groups is 1. The summed E-state index contributed by atoms with van der Waals surface area (Å²) in [6.07, 6.45) is 3.12. The first-order valence-electron chi connectivity index (χ1n) is 16.1. The van der Waals surface area contributed by atoms with Crippen molar-refractivity contribution in [2.75, 3.05) is 33.0 Å². The predicted molar refractivity (Wildman–Crippen MR) is 170 cm³/mol. The van der Waals surface area contributed by atoms with Crippen molar-refractivity contribution in [2.45, 2.75) is 44.9 Å². The van der Waals surface area contributed by atoms with Crippen LogP contribution in [0.2, 0.25) is 0 Å². The van der Waals surface area contributed by atoms with E-state index >= 15 is 0 Å². The average molecular weight is 667 g/mol. The molecule has 0 aliphatic carbocycles. The lowest BCUT2D eigenvalue weighted by atomic mass is 9.88. The highest BCUT2D eigenvalue weighted by Crippen LogP contribution is 2.47. The minimum absolute atomic E-state index is 0.00179. The van der Waals surface area contributed by atoms with E-state index in [0.29, 0.717) is 64.9 Å². The van der Waals surface area contributed by atoms with Crippen LogP contribution in [0.25, 0.3) is 33.7 Å². The molecule has 14 heteroatoms. The molecule has 1 atom stereocenters. The molecule has 49 heavy (non-hydrogen) atoms. The number of benzene rings is 2. The van der Waals surface area contributed by atoms with E-state index in [4.69, 9.17) is 28.6 Å². The van der Waals surface area contributed by atoms with E-state index in [1.54, 1.807) is 37.3 Å². The van der Waals surface area contributed by atoms with Crippen LogP contribution >= 0.6 is 0 Å². The maximum absolute atomic E-state index is 14.4. The van der Waals surface area contributed by atoms with E-state index in [1.807, 2.05) is 0 Å². The summed E-state index contributed by atoms with van der Waals surface area (Å²) >= 11 is 0. The maximum Gasteiger partial charge on any atom is 0.420 e. The lowest BCUT2D eigenvalue weighted by Crippen LogP contribution is -2.52. The Morgan fingerprint density at radius 2 is 1.88 bits per heavy atom. The molecule has 3 aliphatic rings. The molecule has 1 amide bonds. The van der Waals surface area contributed by atoms with Gasteiger partial charge in [-0.2, -0.15) is 5.26 Å². The number of aryl methyl sites for hydroxylation is 2. The Hall–Kier alpha value is -5.23. The van der Waals surface area contributed by atoms with Crippen LogP contribution in [0.5, 0.6) is 0 Å². The molecule has 0 radical (unpaired) electrons. The van der Waals surface area contributed by atoms with Crippen LogP contribution in [0.15, 0.2) is 50.0 Å². The topological polar surface area (TPSA) is 170 Å². The van der Waals surface area contributed by atoms with Crippen LogP contribution < -0.4 is 5.76 Å². The third-order valence-corrected chi connectivity index (χ3v) is 9.64. The number of halogens is 1. The van der Waals surface area contributed by atoms with Gasteiger partial charge in [-0.3, -0.25) is 14.3 Å². The van der Waals surface area contributed by atoms with E-state index in [0.717, 1.165) is 19.3 Å². The summed E-state index contributed by atoms with van der Waals surface area (Å²) in [5.74, 6) is -0.865. The standard InChI is InChI=1S/C35H31FN6O7/c1-19-39-40-32(48-19)29-25(6-3-20-8-11-46-12-9-20)38-31-30(33(43)42-10-13-47-18-35(31,42)45)28(29)22-5-7-26-27(15-22)49-34(44)41(26)17-21-2-4-23(16-37)24(36)14-21/h2,4-5,7,14-15,20,45H,3,6,8-13,17-18H2,1H3/t35-/m0/s1. The molecular weight excluding hydrogens is 635 g/mol. The number of hydrogen-bond acceptors (Lipinski definition) is 11. The first-order chi connectivity index (χ1) is 23.7. The second-order valence-electron chi connectivity index (χ2n) is 12.6. The zero-order valence-electron chi connectivity index (χ0n) is 26.6. The Kier molecular flexibility index (Phi) is 7.62. The Labute approximate surface area is 278 Å². The average Bonchev–Trinajstić information content (AvgIpc) is 3.74. The summed E-state index contributed by atoms with van der Waals surface area (Å²) in [7, 11) is 0. The molecule has 13 nitrogen and oxygen atoms in total. The van der Waals surface area contributed by atoms with Crippen molar-refractivity contribution in [1.82, 2.24) is 24.6 Å². The Morgan fingerprint density at radius 3 is 2.63 bits per heavy atom. The predicted octanol–water partition coefficient (Wildman–Crippen LogP) is 4.06. The van der Waals surface area contributed by atoms with Crippen LogP contribution in [0, 0.1) is 30.0 Å². The minimum Gasteiger partial charge on any atom is -0.421 e. The highest BCUT2D eigenvalue weighted by Gasteiger charge is 2.54. The van der Waals surface area contributed by atoms with Crippen molar-refractivity contribution < 1.29 is 32.6 Å². The van der Waals surface area contributed by atoms with E-state index in [2.05, 4.69) is 10.2 Å². The van der Waals surface area contributed by atoms with Crippen LogP contribution in [0.3, 0.4) is 0 Å².